The van der Waals surface area contributed by atoms with Gasteiger partial charge >= 0.3 is 0 Å². The fraction of sp³-hybridized carbons (Fsp3) is 0.0667. The van der Waals surface area contributed by atoms with Crippen molar-refractivity contribution in [1.29, 1.82) is 0 Å². The van der Waals surface area contributed by atoms with E-state index < -0.39 is 0 Å². The largest absolute Gasteiger partial charge is 0.457 e. The molecule has 5 aromatic rings. The van der Waals surface area contributed by atoms with E-state index >= 15 is 0 Å². The Morgan fingerprint density at radius 3 is 2.19 bits per heavy atom. The highest BCUT2D eigenvalue weighted by atomic mass is 79.9. The normalized spacial score (nSPS) is 17.0. The van der Waals surface area contributed by atoms with Crippen LogP contribution in [0.1, 0.15) is 23.5 Å². The third-order valence-corrected chi connectivity index (χ3v) is 7.22. The number of para-hydroxylation sites is 1. The lowest BCUT2D eigenvalue weighted by atomic mass is 10.0. The zero-order valence-corrected chi connectivity index (χ0v) is 22.1. The van der Waals surface area contributed by atoms with E-state index in [2.05, 4.69) is 78.3 Å². The van der Waals surface area contributed by atoms with Crippen LogP contribution in [0.4, 0.5) is 5.69 Å². The van der Waals surface area contributed by atoms with Crippen LogP contribution in [0.15, 0.2) is 126 Å². The highest BCUT2D eigenvalue weighted by molar-refractivity contribution is 9.10. The molecule has 0 unspecified atom stereocenters. The van der Waals surface area contributed by atoms with Crippen LogP contribution in [-0.4, -0.2) is 14.7 Å². The molecule has 0 amide bonds. The molecule has 5 nitrogen and oxygen atoms in total. The van der Waals surface area contributed by atoms with Crippen LogP contribution in [0.5, 0.6) is 11.5 Å². The van der Waals surface area contributed by atoms with Crippen LogP contribution in [0.2, 0.25) is 0 Å². The summed E-state index contributed by atoms with van der Waals surface area (Å²) in [6, 6.07) is 36.1. The summed E-state index contributed by atoms with van der Waals surface area (Å²) in [5, 5.41) is 4.20. The van der Waals surface area contributed by atoms with E-state index in [-0.39, 0.29) is 12.1 Å². The van der Waals surface area contributed by atoms with Gasteiger partial charge < -0.3 is 19.5 Å². The molecule has 2 atom stereocenters. The first kappa shape index (κ1) is 23.5. The Balaban J connectivity index is 1.40. The van der Waals surface area contributed by atoms with Crippen LogP contribution < -0.4 is 15.0 Å². The van der Waals surface area contributed by atoms with Crippen LogP contribution >= 0.6 is 28.1 Å². The molecule has 6 rings (SSSR count). The molecule has 1 fully saturated rings. The van der Waals surface area contributed by atoms with Crippen molar-refractivity contribution >= 4 is 38.9 Å². The Hall–Kier alpha value is -3.94. The molecule has 3 aromatic carbocycles. The maximum absolute atomic E-state index is 6.01. The van der Waals surface area contributed by atoms with Crippen molar-refractivity contribution in [2.45, 2.75) is 12.1 Å². The van der Waals surface area contributed by atoms with E-state index in [4.69, 9.17) is 17.0 Å². The number of pyridine rings is 1. The lowest BCUT2D eigenvalue weighted by molar-refractivity contribution is 0.482. The predicted octanol–water partition coefficient (Wildman–Crippen LogP) is 7.60. The Kier molecular flexibility index (Phi) is 6.47. The molecule has 3 heterocycles. The SMILES string of the molecule is S=C1N[C@H](c2ccccn2)[C@H](c2cccn2-c2ccc(Br)cc2)N1c1ccc(Oc2ccccc2)cc1. The van der Waals surface area contributed by atoms with Crippen molar-refractivity contribution in [2.24, 2.45) is 0 Å². The van der Waals surface area contributed by atoms with Gasteiger partial charge in [0.1, 0.15) is 17.5 Å². The molecule has 182 valence electrons. The number of benzene rings is 3. The fourth-order valence-electron chi connectivity index (χ4n) is 4.70. The molecule has 0 spiro atoms. The molecule has 1 saturated heterocycles. The number of anilines is 1. The van der Waals surface area contributed by atoms with Gasteiger partial charge in [0.15, 0.2) is 5.11 Å². The minimum absolute atomic E-state index is 0.123. The maximum Gasteiger partial charge on any atom is 0.174 e. The van der Waals surface area contributed by atoms with E-state index in [0.717, 1.165) is 38.7 Å². The molecule has 1 N–H and O–H groups in total. The number of ether oxygens (including phenoxy) is 1. The average molecular weight is 568 g/mol. The third-order valence-electron chi connectivity index (χ3n) is 6.38. The lowest BCUT2D eigenvalue weighted by Gasteiger charge is -2.29. The zero-order valence-electron chi connectivity index (χ0n) is 19.7. The van der Waals surface area contributed by atoms with Crippen LogP contribution in [0.25, 0.3) is 5.69 Å². The molecule has 7 heteroatoms. The standard InChI is InChI=1S/C30H23BrN4OS/c31-21-11-13-22(14-12-21)34-20-6-10-27(34)29-28(26-9-4-5-19-32-26)33-30(37)35(29)23-15-17-25(18-16-23)36-24-7-2-1-3-8-24/h1-20,28-29H,(H,33,37)/t28-,29+/m1/s1. The van der Waals surface area contributed by atoms with Gasteiger partial charge in [-0.25, -0.2) is 0 Å². The Morgan fingerprint density at radius 2 is 1.46 bits per heavy atom. The van der Waals surface area contributed by atoms with E-state index in [1.165, 1.54) is 0 Å². The van der Waals surface area contributed by atoms with Gasteiger partial charge in [0.2, 0.25) is 0 Å². The Bertz CT molecular complexity index is 1510. The summed E-state index contributed by atoms with van der Waals surface area (Å²) in [5.74, 6) is 1.57. The third kappa shape index (κ3) is 4.75. The van der Waals surface area contributed by atoms with E-state index in [1.54, 1.807) is 0 Å². The summed E-state index contributed by atoms with van der Waals surface area (Å²) < 4.78 is 9.27. The zero-order chi connectivity index (χ0) is 25.2. The number of aromatic nitrogens is 2. The minimum Gasteiger partial charge on any atom is -0.457 e. The molecule has 1 aliphatic heterocycles. The van der Waals surface area contributed by atoms with Crippen molar-refractivity contribution in [2.75, 3.05) is 4.90 Å². The van der Waals surface area contributed by atoms with Crippen LogP contribution in [0, 0.1) is 0 Å². The maximum atomic E-state index is 6.01. The second kappa shape index (κ2) is 10.2. The fourth-order valence-corrected chi connectivity index (χ4v) is 5.32. The monoisotopic (exact) mass is 566 g/mol. The number of thiocarbonyl (C=S) groups is 1. The van der Waals surface area contributed by atoms with Gasteiger partial charge in [0.25, 0.3) is 0 Å². The average Bonchev–Trinajstić information content (AvgIpc) is 3.55. The van der Waals surface area contributed by atoms with Crippen molar-refractivity contribution in [1.82, 2.24) is 14.9 Å². The number of nitrogens with zero attached hydrogens (tertiary/aromatic N) is 3. The molecule has 0 bridgehead atoms. The number of hydrogen-bond donors (Lipinski definition) is 1. The van der Waals surface area contributed by atoms with Crippen molar-refractivity contribution < 1.29 is 4.74 Å². The first-order valence-corrected chi connectivity index (χ1v) is 13.1. The summed E-state index contributed by atoms with van der Waals surface area (Å²) >= 11 is 9.45. The smallest absolute Gasteiger partial charge is 0.174 e. The van der Waals surface area contributed by atoms with Crippen molar-refractivity contribution in [3.05, 3.63) is 137 Å². The number of halogens is 1. The molecule has 0 aliphatic carbocycles. The topological polar surface area (TPSA) is 42.3 Å². The van der Waals surface area contributed by atoms with Gasteiger partial charge in [-0.15, -0.1) is 0 Å². The molecular formula is C30H23BrN4OS. The summed E-state index contributed by atoms with van der Waals surface area (Å²) in [5.41, 5.74) is 4.09. The number of rotatable bonds is 6. The summed E-state index contributed by atoms with van der Waals surface area (Å²) in [6.07, 6.45) is 3.91. The van der Waals surface area contributed by atoms with Gasteiger partial charge in [-0.2, -0.15) is 0 Å². The summed E-state index contributed by atoms with van der Waals surface area (Å²) in [6.45, 7) is 0. The second-order valence-corrected chi connectivity index (χ2v) is 9.99. The van der Waals surface area contributed by atoms with Gasteiger partial charge in [0.05, 0.1) is 11.7 Å². The quantitative estimate of drug-likeness (QED) is 0.214. The van der Waals surface area contributed by atoms with Gasteiger partial charge in [0, 0.05) is 33.9 Å². The highest BCUT2D eigenvalue weighted by Gasteiger charge is 2.42. The summed E-state index contributed by atoms with van der Waals surface area (Å²) in [7, 11) is 0. The van der Waals surface area contributed by atoms with Crippen LogP contribution in [-0.2, 0) is 0 Å². The minimum atomic E-state index is -0.127. The van der Waals surface area contributed by atoms with Crippen LogP contribution in [0.3, 0.4) is 0 Å². The molecule has 2 aromatic heterocycles. The van der Waals surface area contributed by atoms with Crippen molar-refractivity contribution in [3.63, 3.8) is 0 Å². The van der Waals surface area contributed by atoms with Crippen molar-refractivity contribution in [3.8, 4) is 17.2 Å². The lowest BCUT2D eigenvalue weighted by Crippen LogP contribution is -2.30. The first-order chi connectivity index (χ1) is 18.2. The molecule has 0 saturated carbocycles. The highest BCUT2D eigenvalue weighted by Crippen LogP contribution is 2.42. The molecule has 1 aliphatic rings. The van der Waals surface area contributed by atoms with E-state index in [1.807, 2.05) is 79.0 Å². The molecular weight excluding hydrogens is 544 g/mol. The number of nitrogens with one attached hydrogen (secondary N) is 1. The second-order valence-electron chi connectivity index (χ2n) is 8.69. The Morgan fingerprint density at radius 1 is 0.757 bits per heavy atom. The Labute approximate surface area is 229 Å². The summed E-state index contributed by atoms with van der Waals surface area (Å²) in [4.78, 5) is 6.85. The van der Waals surface area contributed by atoms with E-state index in [9.17, 15) is 0 Å². The van der Waals surface area contributed by atoms with E-state index in [0.29, 0.717) is 5.11 Å². The number of hydrogen-bond acceptors (Lipinski definition) is 3. The van der Waals surface area contributed by atoms with Gasteiger partial charge in [-0.3, -0.25) is 4.98 Å². The molecule has 0 radical (unpaired) electrons. The van der Waals surface area contributed by atoms with Gasteiger partial charge in [-0.05, 0) is 97.1 Å². The predicted molar refractivity (Wildman–Crippen MR) is 154 cm³/mol. The van der Waals surface area contributed by atoms with Gasteiger partial charge in [-0.1, -0.05) is 40.2 Å². The molecule has 37 heavy (non-hydrogen) atoms. The first-order valence-electron chi connectivity index (χ1n) is 11.9.